The van der Waals surface area contributed by atoms with Crippen molar-refractivity contribution >= 4 is 21.8 Å². The molecule has 0 saturated heterocycles. The maximum atomic E-state index is 11.9. The molecule has 0 radical (unpaired) electrons. The van der Waals surface area contributed by atoms with Gasteiger partial charge in [0.05, 0.1) is 0 Å². The molecule has 1 atom stereocenters. The van der Waals surface area contributed by atoms with Gasteiger partial charge in [-0.05, 0) is 24.7 Å². The highest BCUT2D eigenvalue weighted by Crippen LogP contribution is 2.52. The molecular formula is C12H22BrNO. The Bertz CT molecular complexity index is 228. The van der Waals surface area contributed by atoms with Gasteiger partial charge in [-0.1, -0.05) is 36.2 Å². The van der Waals surface area contributed by atoms with Gasteiger partial charge in [0.1, 0.15) is 0 Å². The number of carbonyl (C=O) groups excluding carboxylic acids is 1. The van der Waals surface area contributed by atoms with Crippen molar-refractivity contribution in [3.8, 4) is 0 Å². The summed E-state index contributed by atoms with van der Waals surface area (Å²) in [6.45, 7) is 5.26. The van der Waals surface area contributed by atoms with E-state index in [0.717, 1.165) is 24.7 Å². The molecule has 0 bridgehead atoms. The van der Waals surface area contributed by atoms with Gasteiger partial charge in [-0.25, -0.2) is 0 Å². The number of alkyl halides is 1. The highest BCUT2D eigenvalue weighted by atomic mass is 79.9. The van der Waals surface area contributed by atoms with Crippen LogP contribution in [0.25, 0.3) is 0 Å². The molecule has 2 nitrogen and oxygen atoms in total. The molecule has 0 heterocycles. The lowest BCUT2D eigenvalue weighted by Gasteiger charge is -2.17. The second-order valence-corrected chi connectivity index (χ2v) is 6.05. The molecular weight excluding hydrogens is 254 g/mol. The third kappa shape index (κ3) is 3.78. The van der Waals surface area contributed by atoms with E-state index in [-0.39, 0.29) is 5.41 Å². The topological polar surface area (TPSA) is 20.3 Å². The van der Waals surface area contributed by atoms with Gasteiger partial charge >= 0.3 is 0 Å². The van der Waals surface area contributed by atoms with Crippen LogP contribution in [0, 0.1) is 11.3 Å². The zero-order valence-corrected chi connectivity index (χ0v) is 11.6. The van der Waals surface area contributed by atoms with Crippen molar-refractivity contribution in [2.45, 2.75) is 39.5 Å². The zero-order valence-electron chi connectivity index (χ0n) is 10.1. The van der Waals surface area contributed by atoms with Crippen LogP contribution in [0.4, 0.5) is 0 Å². The molecule has 88 valence electrons. The molecule has 1 aliphatic rings. The fourth-order valence-corrected chi connectivity index (χ4v) is 2.28. The normalized spacial score (nSPS) is 22.5. The first-order valence-electron chi connectivity index (χ1n) is 5.80. The number of unbranched alkanes of at least 4 members (excludes halogenated alkanes) is 2. The maximum Gasteiger partial charge on any atom is 0.225 e. The number of rotatable bonds is 6. The SMILES string of the molecule is CN(CCCCCBr)C(=O)C1CC1(C)C. The minimum Gasteiger partial charge on any atom is -0.346 e. The molecule has 1 amide bonds. The predicted octanol–water partition coefficient (Wildman–Crippen LogP) is 3.06. The number of amides is 1. The molecule has 0 spiro atoms. The van der Waals surface area contributed by atoms with Crippen molar-refractivity contribution in [2.75, 3.05) is 18.9 Å². The van der Waals surface area contributed by atoms with Crippen molar-refractivity contribution in [1.29, 1.82) is 0 Å². The monoisotopic (exact) mass is 275 g/mol. The Kier molecular flexibility index (Phi) is 4.63. The van der Waals surface area contributed by atoms with E-state index in [0.29, 0.717) is 11.8 Å². The van der Waals surface area contributed by atoms with E-state index in [9.17, 15) is 4.79 Å². The van der Waals surface area contributed by atoms with Crippen LogP contribution in [0.2, 0.25) is 0 Å². The first-order chi connectivity index (χ1) is 6.99. The third-order valence-corrected chi connectivity index (χ3v) is 3.88. The lowest BCUT2D eigenvalue weighted by molar-refractivity contribution is -0.132. The summed E-state index contributed by atoms with van der Waals surface area (Å²) in [5, 5.41) is 1.07. The van der Waals surface area contributed by atoms with Gasteiger partial charge in [-0.15, -0.1) is 0 Å². The largest absolute Gasteiger partial charge is 0.346 e. The fourth-order valence-electron chi connectivity index (χ4n) is 1.89. The summed E-state index contributed by atoms with van der Waals surface area (Å²) >= 11 is 3.41. The van der Waals surface area contributed by atoms with Crippen LogP contribution in [0.5, 0.6) is 0 Å². The first kappa shape index (κ1) is 13.0. The zero-order chi connectivity index (χ0) is 11.5. The quantitative estimate of drug-likeness (QED) is 0.539. The van der Waals surface area contributed by atoms with Gasteiger partial charge in [-0.3, -0.25) is 4.79 Å². The van der Waals surface area contributed by atoms with Gasteiger partial charge < -0.3 is 4.90 Å². The van der Waals surface area contributed by atoms with Crippen molar-refractivity contribution in [3.05, 3.63) is 0 Å². The van der Waals surface area contributed by atoms with Crippen LogP contribution in [0.15, 0.2) is 0 Å². The Morgan fingerprint density at radius 2 is 2.00 bits per heavy atom. The molecule has 1 saturated carbocycles. The second-order valence-electron chi connectivity index (χ2n) is 5.25. The van der Waals surface area contributed by atoms with Gasteiger partial charge in [-0.2, -0.15) is 0 Å². The molecule has 15 heavy (non-hydrogen) atoms. The highest BCUT2D eigenvalue weighted by molar-refractivity contribution is 9.09. The standard InChI is InChI=1S/C12H22BrNO/c1-12(2)9-10(12)11(15)14(3)8-6-4-5-7-13/h10H,4-9H2,1-3H3. The summed E-state index contributed by atoms with van der Waals surface area (Å²) in [6.07, 6.45) is 4.60. The van der Waals surface area contributed by atoms with Crippen LogP contribution in [0.3, 0.4) is 0 Å². The van der Waals surface area contributed by atoms with Crippen LogP contribution in [-0.2, 0) is 4.79 Å². The third-order valence-electron chi connectivity index (χ3n) is 3.31. The smallest absolute Gasteiger partial charge is 0.225 e. The number of nitrogens with zero attached hydrogens (tertiary/aromatic N) is 1. The lowest BCUT2D eigenvalue weighted by Crippen LogP contribution is -2.30. The molecule has 0 aromatic heterocycles. The van der Waals surface area contributed by atoms with E-state index in [1.54, 1.807) is 0 Å². The van der Waals surface area contributed by atoms with Gasteiger partial charge in [0.25, 0.3) is 0 Å². The van der Waals surface area contributed by atoms with E-state index in [1.165, 1.54) is 12.8 Å². The van der Waals surface area contributed by atoms with Crippen molar-refractivity contribution in [1.82, 2.24) is 4.90 Å². The Morgan fingerprint density at radius 3 is 2.47 bits per heavy atom. The molecule has 1 aliphatic carbocycles. The summed E-state index contributed by atoms with van der Waals surface area (Å²) in [6, 6.07) is 0. The lowest BCUT2D eigenvalue weighted by atomic mass is 10.1. The molecule has 1 rings (SSSR count). The average Bonchev–Trinajstić information content (AvgIpc) is 2.81. The number of carbonyl (C=O) groups is 1. The van der Waals surface area contributed by atoms with Gasteiger partial charge in [0.2, 0.25) is 5.91 Å². The molecule has 0 aromatic rings. The van der Waals surface area contributed by atoms with Crippen molar-refractivity contribution in [2.24, 2.45) is 11.3 Å². The van der Waals surface area contributed by atoms with E-state index in [1.807, 2.05) is 11.9 Å². The Labute approximate surface area is 102 Å². The van der Waals surface area contributed by atoms with Gasteiger partial charge in [0.15, 0.2) is 0 Å². The maximum absolute atomic E-state index is 11.9. The minimum atomic E-state index is 0.265. The highest BCUT2D eigenvalue weighted by Gasteiger charge is 2.51. The summed E-state index contributed by atoms with van der Waals surface area (Å²) in [5.41, 5.74) is 0.265. The summed E-state index contributed by atoms with van der Waals surface area (Å²) in [7, 11) is 1.94. The van der Waals surface area contributed by atoms with E-state index >= 15 is 0 Å². The molecule has 0 N–H and O–H groups in total. The molecule has 1 fully saturated rings. The number of hydrogen-bond donors (Lipinski definition) is 0. The molecule has 0 aromatic carbocycles. The fraction of sp³-hybridized carbons (Fsp3) is 0.917. The summed E-state index contributed by atoms with van der Waals surface area (Å²) < 4.78 is 0. The van der Waals surface area contributed by atoms with E-state index in [2.05, 4.69) is 29.8 Å². The van der Waals surface area contributed by atoms with Crippen LogP contribution >= 0.6 is 15.9 Å². The average molecular weight is 276 g/mol. The Balaban J connectivity index is 2.17. The minimum absolute atomic E-state index is 0.265. The summed E-state index contributed by atoms with van der Waals surface area (Å²) in [5.74, 6) is 0.637. The molecule has 0 aliphatic heterocycles. The summed E-state index contributed by atoms with van der Waals surface area (Å²) in [4.78, 5) is 13.8. The Morgan fingerprint density at radius 1 is 1.40 bits per heavy atom. The van der Waals surface area contributed by atoms with Crippen molar-refractivity contribution in [3.63, 3.8) is 0 Å². The first-order valence-corrected chi connectivity index (χ1v) is 6.92. The van der Waals surface area contributed by atoms with Crippen LogP contribution < -0.4 is 0 Å². The van der Waals surface area contributed by atoms with E-state index in [4.69, 9.17) is 0 Å². The van der Waals surface area contributed by atoms with Crippen LogP contribution in [-0.4, -0.2) is 29.7 Å². The number of halogens is 1. The van der Waals surface area contributed by atoms with Crippen LogP contribution in [0.1, 0.15) is 39.5 Å². The second kappa shape index (κ2) is 5.33. The number of hydrogen-bond acceptors (Lipinski definition) is 1. The Hall–Kier alpha value is -0.0500. The van der Waals surface area contributed by atoms with Gasteiger partial charge in [0, 0.05) is 24.8 Å². The predicted molar refractivity (Wildman–Crippen MR) is 67.2 cm³/mol. The molecule has 3 heteroatoms. The molecule has 1 unspecified atom stereocenters. The van der Waals surface area contributed by atoms with E-state index < -0.39 is 0 Å². The van der Waals surface area contributed by atoms with Crippen molar-refractivity contribution < 1.29 is 4.79 Å².